The van der Waals surface area contributed by atoms with Gasteiger partial charge in [-0.2, -0.15) is 0 Å². The molecule has 0 saturated carbocycles. The number of hydrogen-bond acceptors (Lipinski definition) is 7. The molecule has 1 aromatic rings. The van der Waals surface area contributed by atoms with Crippen molar-refractivity contribution in [2.24, 2.45) is 0 Å². The number of halogens is 1. The van der Waals surface area contributed by atoms with Crippen LogP contribution < -0.4 is 4.89 Å². The number of thiophene rings is 1. The van der Waals surface area contributed by atoms with Gasteiger partial charge in [0.25, 0.3) is 15.7 Å². The second-order valence-corrected chi connectivity index (χ2v) is 6.28. The molecule has 1 rings (SSSR count). The summed E-state index contributed by atoms with van der Waals surface area (Å²) in [4.78, 5) is 25.4. The van der Waals surface area contributed by atoms with Gasteiger partial charge in [0.15, 0.2) is 10.9 Å². The molecule has 0 amide bonds. The molecule has 0 fully saturated rings. The normalized spacial score (nSPS) is 11.4. The van der Waals surface area contributed by atoms with Gasteiger partial charge in [0, 0.05) is 6.07 Å². The highest BCUT2D eigenvalue weighted by Gasteiger charge is 2.25. The maximum absolute atomic E-state index is 11.5. The standard InChI is InChI=1S/C6H5ClN2O7S2/c7-6-3(9(12)13)1-5(17-6)18(14,15)8-16-2-4(10)11/h1,8H,2H2,(H,10,11). The van der Waals surface area contributed by atoms with Crippen molar-refractivity contribution in [1.29, 1.82) is 0 Å². The molecule has 100 valence electrons. The third-order valence-corrected chi connectivity index (χ3v) is 4.50. The summed E-state index contributed by atoms with van der Waals surface area (Å²) in [6.07, 6.45) is 0. The third-order valence-electron chi connectivity index (χ3n) is 1.47. The van der Waals surface area contributed by atoms with E-state index >= 15 is 0 Å². The minimum atomic E-state index is -4.20. The first-order valence-corrected chi connectivity index (χ1v) is 6.71. The molecule has 0 unspecified atom stereocenters. The first kappa shape index (κ1) is 14.8. The first-order chi connectivity index (χ1) is 8.24. The van der Waals surface area contributed by atoms with Crippen molar-refractivity contribution in [2.75, 3.05) is 6.61 Å². The number of nitro groups is 1. The molecule has 1 heterocycles. The lowest BCUT2D eigenvalue weighted by molar-refractivity contribution is -0.384. The lowest BCUT2D eigenvalue weighted by atomic mass is 10.6. The number of carboxylic acids is 1. The Morgan fingerprint density at radius 3 is 2.72 bits per heavy atom. The summed E-state index contributed by atoms with van der Waals surface area (Å²) < 4.78 is 22.2. The van der Waals surface area contributed by atoms with Crippen molar-refractivity contribution >= 4 is 44.6 Å². The zero-order chi connectivity index (χ0) is 13.9. The molecule has 0 atom stereocenters. The van der Waals surface area contributed by atoms with Crippen LogP contribution in [0.3, 0.4) is 0 Å². The number of carbonyl (C=O) groups is 1. The van der Waals surface area contributed by atoms with Crippen LogP contribution in [0.2, 0.25) is 4.34 Å². The van der Waals surface area contributed by atoms with Crippen molar-refractivity contribution in [3.8, 4) is 0 Å². The Bertz CT molecular complexity index is 581. The van der Waals surface area contributed by atoms with E-state index in [4.69, 9.17) is 16.7 Å². The van der Waals surface area contributed by atoms with Crippen LogP contribution in [-0.4, -0.2) is 31.0 Å². The van der Waals surface area contributed by atoms with Crippen LogP contribution in [0.1, 0.15) is 0 Å². The van der Waals surface area contributed by atoms with Gasteiger partial charge in [-0.3, -0.25) is 15.0 Å². The summed E-state index contributed by atoms with van der Waals surface area (Å²) in [6.45, 7) is -0.888. The summed E-state index contributed by atoms with van der Waals surface area (Å²) in [5, 5.41) is 18.7. The number of rotatable bonds is 6. The Labute approximate surface area is 109 Å². The molecular weight excluding hydrogens is 312 g/mol. The van der Waals surface area contributed by atoms with Gasteiger partial charge in [-0.1, -0.05) is 16.5 Å². The topological polar surface area (TPSA) is 136 Å². The summed E-state index contributed by atoms with van der Waals surface area (Å²) in [5.41, 5.74) is -0.555. The number of nitrogens with zero attached hydrogens (tertiary/aromatic N) is 1. The van der Waals surface area contributed by atoms with Gasteiger partial charge in [-0.15, -0.1) is 11.3 Å². The molecule has 9 nitrogen and oxygen atoms in total. The highest BCUT2D eigenvalue weighted by Crippen LogP contribution is 2.35. The maximum Gasteiger partial charge on any atom is 0.331 e. The third kappa shape index (κ3) is 3.61. The molecular formula is C6H5ClN2O7S2. The Hall–Kier alpha value is -1.27. The largest absolute Gasteiger partial charge is 0.479 e. The van der Waals surface area contributed by atoms with Crippen LogP contribution in [0.5, 0.6) is 0 Å². The lowest BCUT2D eigenvalue weighted by Gasteiger charge is -2.02. The molecule has 0 aliphatic rings. The smallest absolute Gasteiger partial charge is 0.331 e. The second kappa shape index (κ2) is 5.58. The quantitative estimate of drug-likeness (QED) is 0.579. The van der Waals surface area contributed by atoms with E-state index in [1.54, 1.807) is 0 Å². The minimum Gasteiger partial charge on any atom is -0.479 e. The van der Waals surface area contributed by atoms with E-state index in [1.807, 2.05) is 0 Å². The molecule has 0 spiro atoms. The van der Waals surface area contributed by atoms with E-state index in [0.717, 1.165) is 6.07 Å². The fourth-order valence-electron chi connectivity index (χ4n) is 0.805. The van der Waals surface area contributed by atoms with E-state index in [2.05, 4.69) is 4.84 Å². The van der Waals surface area contributed by atoms with Crippen LogP contribution in [0.15, 0.2) is 10.3 Å². The van der Waals surface area contributed by atoms with Crippen LogP contribution in [0.25, 0.3) is 0 Å². The van der Waals surface area contributed by atoms with Gasteiger partial charge in [0.05, 0.1) is 4.92 Å². The predicted octanol–water partition coefficient (Wildman–Crippen LogP) is 0.604. The van der Waals surface area contributed by atoms with E-state index in [-0.39, 0.29) is 4.34 Å². The average molecular weight is 317 g/mol. The summed E-state index contributed by atoms with van der Waals surface area (Å²) in [6, 6.07) is 0.749. The monoisotopic (exact) mass is 316 g/mol. The molecule has 1 aromatic heterocycles. The number of carboxylic acid groups (broad SMARTS) is 1. The zero-order valence-electron chi connectivity index (χ0n) is 8.32. The average Bonchev–Trinajstić information content (AvgIpc) is 2.60. The molecule has 0 aliphatic carbocycles. The number of nitrogens with one attached hydrogen (secondary N) is 1. The predicted molar refractivity (Wildman–Crippen MR) is 59.9 cm³/mol. The molecule has 12 heteroatoms. The van der Waals surface area contributed by atoms with Gasteiger partial charge in [0.2, 0.25) is 0 Å². The van der Waals surface area contributed by atoms with Crippen LogP contribution >= 0.6 is 22.9 Å². The van der Waals surface area contributed by atoms with Crippen molar-refractivity contribution < 1.29 is 28.1 Å². The highest BCUT2D eigenvalue weighted by atomic mass is 35.5. The molecule has 0 saturated heterocycles. The van der Waals surface area contributed by atoms with Crippen molar-refractivity contribution in [1.82, 2.24) is 4.89 Å². The Kier molecular flexibility index (Phi) is 4.59. The molecule has 2 N–H and O–H groups in total. The molecule has 18 heavy (non-hydrogen) atoms. The second-order valence-electron chi connectivity index (χ2n) is 2.75. The Balaban J connectivity index is 2.89. The van der Waals surface area contributed by atoms with E-state index in [0.29, 0.717) is 11.3 Å². The van der Waals surface area contributed by atoms with Gasteiger partial charge in [-0.25, -0.2) is 13.2 Å². The highest BCUT2D eigenvalue weighted by molar-refractivity contribution is 7.91. The summed E-state index contributed by atoms with van der Waals surface area (Å²) in [7, 11) is -4.20. The fraction of sp³-hybridized carbons (Fsp3) is 0.167. The lowest BCUT2D eigenvalue weighted by Crippen LogP contribution is -2.26. The summed E-state index contributed by atoms with van der Waals surface area (Å²) in [5.74, 6) is -1.38. The molecule has 0 radical (unpaired) electrons. The molecule has 0 bridgehead atoms. The van der Waals surface area contributed by atoms with Crippen LogP contribution in [0, 0.1) is 10.1 Å². The number of hydrogen-bond donors (Lipinski definition) is 2. The van der Waals surface area contributed by atoms with Gasteiger partial charge in [0.1, 0.15) is 4.21 Å². The van der Waals surface area contributed by atoms with Crippen molar-refractivity contribution in [2.45, 2.75) is 4.21 Å². The Morgan fingerprint density at radius 2 is 2.28 bits per heavy atom. The van der Waals surface area contributed by atoms with Crippen LogP contribution in [0.4, 0.5) is 5.69 Å². The van der Waals surface area contributed by atoms with Gasteiger partial charge < -0.3 is 5.11 Å². The Morgan fingerprint density at radius 1 is 1.67 bits per heavy atom. The van der Waals surface area contributed by atoms with Crippen molar-refractivity contribution in [3.63, 3.8) is 0 Å². The van der Waals surface area contributed by atoms with E-state index in [1.165, 1.54) is 4.89 Å². The number of aliphatic carboxylic acids is 1. The maximum atomic E-state index is 11.5. The minimum absolute atomic E-state index is 0.307. The van der Waals surface area contributed by atoms with Crippen molar-refractivity contribution in [3.05, 3.63) is 20.5 Å². The van der Waals surface area contributed by atoms with Crippen LogP contribution in [-0.2, 0) is 19.7 Å². The fourth-order valence-corrected chi connectivity index (χ4v) is 3.25. The molecule has 0 aliphatic heterocycles. The first-order valence-electron chi connectivity index (χ1n) is 4.03. The van der Waals surface area contributed by atoms with Gasteiger partial charge >= 0.3 is 5.97 Å². The number of sulfonamides is 1. The zero-order valence-corrected chi connectivity index (χ0v) is 10.7. The van der Waals surface area contributed by atoms with E-state index in [9.17, 15) is 23.3 Å². The van der Waals surface area contributed by atoms with Gasteiger partial charge in [-0.05, 0) is 0 Å². The molecule has 0 aromatic carbocycles. The van der Waals surface area contributed by atoms with E-state index < -0.39 is 37.4 Å². The summed E-state index contributed by atoms with van der Waals surface area (Å²) >= 11 is 5.93. The SMILES string of the molecule is O=C(O)CONS(=O)(=O)c1cc([N+](=O)[O-])c(Cl)s1.